The number of benzene rings is 2. The molecular formula is C26H28N2. The highest BCUT2D eigenvalue weighted by molar-refractivity contribution is 5.91. The zero-order valence-corrected chi connectivity index (χ0v) is 17.2. The second kappa shape index (κ2) is 6.55. The van der Waals surface area contributed by atoms with Gasteiger partial charge >= 0.3 is 0 Å². The van der Waals surface area contributed by atoms with E-state index in [2.05, 4.69) is 76.2 Å². The van der Waals surface area contributed by atoms with Crippen LogP contribution in [0.2, 0.25) is 0 Å². The fourth-order valence-corrected chi connectivity index (χ4v) is 5.18. The Kier molecular flexibility index (Phi) is 4.12. The Labute approximate surface area is 168 Å². The Morgan fingerprint density at radius 3 is 1.43 bits per heavy atom. The van der Waals surface area contributed by atoms with Crippen LogP contribution >= 0.6 is 0 Å². The average Bonchev–Trinajstić information content (AvgIpc) is 2.71. The van der Waals surface area contributed by atoms with E-state index in [-0.39, 0.29) is 0 Å². The maximum Gasteiger partial charge on any atom is 0.0752 e. The summed E-state index contributed by atoms with van der Waals surface area (Å²) in [5.74, 6) is 1.93. The van der Waals surface area contributed by atoms with E-state index < -0.39 is 0 Å². The van der Waals surface area contributed by atoms with Crippen LogP contribution in [0.1, 0.15) is 62.0 Å². The third-order valence-corrected chi connectivity index (χ3v) is 6.79. The van der Waals surface area contributed by atoms with Crippen LogP contribution < -0.4 is 0 Å². The predicted octanol–water partition coefficient (Wildman–Crippen LogP) is 6.40. The van der Waals surface area contributed by atoms with Crippen molar-refractivity contribution in [3.8, 4) is 22.3 Å². The molecule has 2 aromatic carbocycles. The quantitative estimate of drug-likeness (QED) is 0.523. The molecule has 0 amide bonds. The van der Waals surface area contributed by atoms with Gasteiger partial charge in [-0.1, -0.05) is 76.2 Å². The number of aromatic nitrogens is 2. The second-order valence-electron chi connectivity index (χ2n) is 9.14. The lowest BCUT2D eigenvalue weighted by molar-refractivity contribution is 0.459. The van der Waals surface area contributed by atoms with Crippen molar-refractivity contribution in [3.63, 3.8) is 0 Å². The first-order chi connectivity index (χ1) is 13.6. The summed E-state index contributed by atoms with van der Waals surface area (Å²) in [5.41, 5.74) is 10.7. The fraction of sp³-hybridized carbons (Fsp3) is 0.385. The molecule has 2 unspecified atom stereocenters. The summed E-state index contributed by atoms with van der Waals surface area (Å²) in [6.45, 7) is 9.26. The van der Waals surface area contributed by atoms with Gasteiger partial charge in [0.1, 0.15) is 0 Å². The average molecular weight is 369 g/mol. The number of fused-ring (bicyclic) bond motifs is 7. The maximum absolute atomic E-state index is 4.89. The van der Waals surface area contributed by atoms with Gasteiger partial charge in [-0.25, -0.2) is 0 Å². The molecule has 2 nitrogen and oxygen atoms in total. The van der Waals surface area contributed by atoms with Crippen LogP contribution in [0.5, 0.6) is 0 Å². The molecule has 0 spiro atoms. The van der Waals surface area contributed by atoms with Gasteiger partial charge < -0.3 is 0 Å². The van der Waals surface area contributed by atoms with Gasteiger partial charge in [-0.2, -0.15) is 10.2 Å². The van der Waals surface area contributed by atoms with Crippen LogP contribution in [-0.4, -0.2) is 10.2 Å². The molecule has 2 aliphatic carbocycles. The summed E-state index contributed by atoms with van der Waals surface area (Å²) >= 11 is 0. The van der Waals surface area contributed by atoms with E-state index in [0.717, 1.165) is 12.8 Å². The molecule has 0 aliphatic heterocycles. The molecule has 1 aromatic heterocycles. The molecule has 0 radical (unpaired) electrons. The number of hydrogen-bond acceptors (Lipinski definition) is 2. The monoisotopic (exact) mass is 368 g/mol. The molecule has 2 atom stereocenters. The van der Waals surface area contributed by atoms with Crippen molar-refractivity contribution in [2.45, 2.75) is 52.4 Å². The second-order valence-corrected chi connectivity index (χ2v) is 9.14. The molecule has 0 fully saturated rings. The smallest absolute Gasteiger partial charge is 0.0752 e. The SMILES string of the molecule is CC(C)C1Cc2ccccc2-c2c1nnc1c2-c2ccccc2CC1C(C)C. The molecule has 1 heterocycles. The summed E-state index contributed by atoms with van der Waals surface area (Å²) in [5, 5.41) is 9.78. The standard InChI is InChI=1S/C26H28N2/c1-15(2)21-13-17-9-5-7-11-19(17)23-24-20-12-8-6-10-18(20)14-22(16(3)4)26(24)28-27-25(21)23/h5-12,15-16,21-22H,13-14H2,1-4H3. The van der Waals surface area contributed by atoms with Crippen molar-refractivity contribution in [3.05, 3.63) is 71.0 Å². The van der Waals surface area contributed by atoms with Gasteiger partial charge in [-0.3, -0.25) is 0 Å². The van der Waals surface area contributed by atoms with E-state index in [1.807, 2.05) is 0 Å². The summed E-state index contributed by atoms with van der Waals surface area (Å²) < 4.78 is 0. The molecule has 0 N–H and O–H groups in total. The van der Waals surface area contributed by atoms with Gasteiger partial charge in [-0.15, -0.1) is 0 Å². The van der Waals surface area contributed by atoms with Crippen molar-refractivity contribution < 1.29 is 0 Å². The van der Waals surface area contributed by atoms with E-state index >= 15 is 0 Å². The van der Waals surface area contributed by atoms with Gasteiger partial charge in [0, 0.05) is 23.0 Å². The van der Waals surface area contributed by atoms with Gasteiger partial charge in [0.2, 0.25) is 0 Å². The number of rotatable bonds is 2. The Hall–Kier alpha value is -2.48. The van der Waals surface area contributed by atoms with Crippen molar-refractivity contribution in [2.75, 3.05) is 0 Å². The molecule has 5 rings (SSSR count). The molecular weight excluding hydrogens is 340 g/mol. The summed E-state index contributed by atoms with van der Waals surface area (Å²) in [6.07, 6.45) is 2.12. The van der Waals surface area contributed by atoms with Crippen molar-refractivity contribution in [1.82, 2.24) is 10.2 Å². The number of hydrogen-bond donors (Lipinski definition) is 0. The normalized spacial score (nSPS) is 19.8. The van der Waals surface area contributed by atoms with E-state index in [1.165, 1.54) is 44.8 Å². The first-order valence-corrected chi connectivity index (χ1v) is 10.6. The zero-order valence-electron chi connectivity index (χ0n) is 17.2. The van der Waals surface area contributed by atoms with Gasteiger partial charge in [0.05, 0.1) is 11.4 Å². The maximum atomic E-state index is 4.89. The first-order valence-electron chi connectivity index (χ1n) is 10.6. The predicted molar refractivity (Wildman–Crippen MR) is 115 cm³/mol. The molecule has 2 heteroatoms. The third kappa shape index (κ3) is 2.54. The van der Waals surface area contributed by atoms with Crippen LogP contribution in [-0.2, 0) is 12.8 Å². The Bertz CT molecular complexity index is 964. The summed E-state index contributed by atoms with van der Waals surface area (Å²) in [6, 6.07) is 17.9. The first kappa shape index (κ1) is 17.6. The van der Waals surface area contributed by atoms with E-state index in [9.17, 15) is 0 Å². The van der Waals surface area contributed by atoms with Crippen molar-refractivity contribution in [1.29, 1.82) is 0 Å². The Morgan fingerprint density at radius 1 is 0.643 bits per heavy atom. The molecule has 28 heavy (non-hydrogen) atoms. The molecule has 0 bridgehead atoms. The van der Waals surface area contributed by atoms with Crippen molar-refractivity contribution in [2.24, 2.45) is 11.8 Å². The minimum Gasteiger partial charge on any atom is -0.154 e. The minimum absolute atomic E-state index is 0.425. The fourth-order valence-electron chi connectivity index (χ4n) is 5.18. The largest absolute Gasteiger partial charge is 0.154 e. The highest BCUT2D eigenvalue weighted by Crippen LogP contribution is 2.51. The zero-order chi connectivity index (χ0) is 19.4. The topological polar surface area (TPSA) is 25.8 Å². The van der Waals surface area contributed by atoms with E-state index in [1.54, 1.807) is 0 Å². The summed E-state index contributed by atoms with van der Waals surface area (Å²) in [4.78, 5) is 0. The van der Waals surface area contributed by atoms with Crippen LogP contribution in [0.4, 0.5) is 0 Å². The van der Waals surface area contributed by atoms with Crippen LogP contribution in [0.3, 0.4) is 0 Å². The summed E-state index contributed by atoms with van der Waals surface area (Å²) in [7, 11) is 0. The van der Waals surface area contributed by atoms with Crippen LogP contribution in [0.25, 0.3) is 22.3 Å². The molecule has 0 saturated carbocycles. The van der Waals surface area contributed by atoms with Crippen LogP contribution in [0.15, 0.2) is 48.5 Å². The molecule has 0 saturated heterocycles. The van der Waals surface area contributed by atoms with Gasteiger partial charge in [0.15, 0.2) is 0 Å². The highest BCUT2D eigenvalue weighted by atomic mass is 15.1. The minimum atomic E-state index is 0.425. The van der Waals surface area contributed by atoms with E-state index in [0.29, 0.717) is 23.7 Å². The Balaban J connectivity index is 1.88. The van der Waals surface area contributed by atoms with Gasteiger partial charge in [-0.05, 0) is 46.9 Å². The third-order valence-electron chi connectivity index (χ3n) is 6.79. The molecule has 142 valence electrons. The lowest BCUT2D eigenvalue weighted by Gasteiger charge is -2.35. The highest BCUT2D eigenvalue weighted by Gasteiger charge is 2.36. The molecule has 3 aromatic rings. The van der Waals surface area contributed by atoms with Crippen LogP contribution in [0, 0.1) is 11.8 Å². The van der Waals surface area contributed by atoms with E-state index in [4.69, 9.17) is 10.2 Å². The van der Waals surface area contributed by atoms with Crippen molar-refractivity contribution >= 4 is 0 Å². The lowest BCUT2D eigenvalue weighted by atomic mass is 9.70. The lowest BCUT2D eigenvalue weighted by Crippen LogP contribution is -2.24. The molecule has 2 aliphatic rings. The Morgan fingerprint density at radius 2 is 1.04 bits per heavy atom. The number of nitrogens with zero attached hydrogens (tertiary/aromatic N) is 2. The van der Waals surface area contributed by atoms with Gasteiger partial charge in [0.25, 0.3) is 0 Å².